The summed E-state index contributed by atoms with van der Waals surface area (Å²) < 4.78 is 0. The molecule has 0 saturated carbocycles. The van der Waals surface area contributed by atoms with Crippen LogP contribution in [0, 0.1) is 0 Å². The van der Waals surface area contributed by atoms with Crippen molar-refractivity contribution in [3.05, 3.63) is 0 Å². The predicted molar refractivity (Wildman–Crippen MR) is 77.0 cm³/mol. The van der Waals surface area contributed by atoms with E-state index in [2.05, 4.69) is 10.6 Å². The van der Waals surface area contributed by atoms with Gasteiger partial charge in [-0.05, 0) is 24.9 Å². The van der Waals surface area contributed by atoms with E-state index in [-0.39, 0.29) is 12.8 Å². The summed E-state index contributed by atoms with van der Waals surface area (Å²) in [6.07, 6.45) is 1.62. The van der Waals surface area contributed by atoms with Crippen molar-refractivity contribution in [2.45, 2.75) is 38.3 Å². The molecule has 1 unspecified atom stereocenters. The minimum absolute atomic E-state index is 0.217. The Labute approximate surface area is 126 Å². The molecule has 0 spiro atoms. The number of aliphatic carboxylic acids is 2. The van der Waals surface area contributed by atoms with Crippen molar-refractivity contribution < 1.29 is 29.4 Å². The number of carboxylic acids is 2. The van der Waals surface area contributed by atoms with Crippen LogP contribution in [0.3, 0.4) is 0 Å². The largest absolute Gasteiger partial charge is 0.481 e. The first-order valence-electron chi connectivity index (χ1n) is 6.29. The van der Waals surface area contributed by atoms with E-state index in [0.717, 1.165) is 0 Å². The Balaban J connectivity index is 4.68. The highest BCUT2D eigenvalue weighted by Crippen LogP contribution is 2.04. The van der Waals surface area contributed by atoms with E-state index in [1.807, 2.05) is 6.26 Å². The second kappa shape index (κ2) is 10.0. The van der Waals surface area contributed by atoms with Crippen LogP contribution in [0.5, 0.6) is 0 Å². The number of hydrogen-bond donors (Lipinski definition) is 4. The van der Waals surface area contributed by atoms with Crippen molar-refractivity contribution in [1.29, 1.82) is 0 Å². The zero-order valence-electron chi connectivity index (χ0n) is 11.9. The standard InChI is InChI=1S/C12H20N2O6S/c1-7(15)13-8(5-6-21-2)11(18)14-9(12(19)20)3-4-10(16)17/h8-9H,3-6H2,1-2H3,(H,13,15)(H,14,18)(H,16,17)(H,19,20)/t8?,9-/m0/s1. The van der Waals surface area contributed by atoms with Crippen LogP contribution in [0.4, 0.5) is 0 Å². The Morgan fingerprint density at radius 2 is 1.67 bits per heavy atom. The lowest BCUT2D eigenvalue weighted by molar-refractivity contribution is -0.143. The van der Waals surface area contributed by atoms with Crippen LogP contribution in [0.15, 0.2) is 0 Å². The van der Waals surface area contributed by atoms with E-state index in [9.17, 15) is 19.2 Å². The zero-order chi connectivity index (χ0) is 16.4. The van der Waals surface area contributed by atoms with E-state index in [1.165, 1.54) is 18.7 Å². The molecule has 0 saturated heterocycles. The van der Waals surface area contributed by atoms with Gasteiger partial charge in [0.25, 0.3) is 0 Å². The van der Waals surface area contributed by atoms with E-state index >= 15 is 0 Å². The van der Waals surface area contributed by atoms with E-state index in [1.54, 1.807) is 0 Å². The highest BCUT2D eigenvalue weighted by Gasteiger charge is 2.26. The van der Waals surface area contributed by atoms with Crippen LogP contribution in [0.25, 0.3) is 0 Å². The molecule has 120 valence electrons. The average molecular weight is 320 g/mol. The Hall–Kier alpha value is -1.77. The molecule has 4 N–H and O–H groups in total. The summed E-state index contributed by atoms with van der Waals surface area (Å²) in [5, 5.41) is 22.2. The van der Waals surface area contributed by atoms with Crippen LogP contribution < -0.4 is 10.6 Å². The van der Waals surface area contributed by atoms with E-state index < -0.39 is 35.8 Å². The number of carboxylic acid groups (broad SMARTS) is 2. The number of amides is 2. The normalized spacial score (nSPS) is 13.0. The summed E-state index contributed by atoms with van der Waals surface area (Å²) >= 11 is 1.49. The molecule has 8 nitrogen and oxygen atoms in total. The van der Waals surface area contributed by atoms with Gasteiger partial charge in [-0.1, -0.05) is 0 Å². The van der Waals surface area contributed by atoms with Gasteiger partial charge in [0.15, 0.2) is 0 Å². The first-order valence-corrected chi connectivity index (χ1v) is 7.68. The Bertz CT molecular complexity index is 401. The quantitative estimate of drug-likeness (QED) is 0.433. The fourth-order valence-corrected chi connectivity index (χ4v) is 2.02. The molecule has 0 aromatic heterocycles. The summed E-state index contributed by atoms with van der Waals surface area (Å²) in [5.74, 6) is -2.86. The van der Waals surface area contributed by atoms with Crippen LogP contribution in [-0.2, 0) is 19.2 Å². The first kappa shape index (κ1) is 19.2. The summed E-state index contributed by atoms with van der Waals surface area (Å²) in [7, 11) is 0. The minimum Gasteiger partial charge on any atom is -0.481 e. The van der Waals surface area contributed by atoms with Gasteiger partial charge < -0.3 is 20.8 Å². The van der Waals surface area contributed by atoms with Crippen LogP contribution in [0.2, 0.25) is 0 Å². The van der Waals surface area contributed by atoms with Gasteiger partial charge in [-0.15, -0.1) is 0 Å². The van der Waals surface area contributed by atoms with Crippen LogP contribution in [-0.4, -0.2) is 58.1 Å². The van der Waals surface area contributed by atoms with Crippen molar-refractivity contribution in [1.82, 2.24) is 10.6 Å². The summed E-state index contributed by atoms with van der Waals surface area (Å²) in [5.41, 5.74) is 0. The zero-order valence-corrected chi connectivity index (χ0v) is 12.7. The van der Waals surface area contributed by atoms with Gasteiger partial charge in [0.05, 0.1) is 0 Å². The smallest absolute Gasteiger partial charge is 0.326 e. The molecular weight excluding hydrogens is 300 g/mol. The molecule has 0 radical (unpaired) electrons. The highest BCUT2D eigenvalue weighted by atomic mass is 32.2. The SMILES string of the molecule is CSCCC(NC(C)=O)C(=O)N[C@@H](CCC(=O)O)C(=O)O. The molecule has 0 fully saturated rings. The third-order valence-corrected chi connectivity index (χ3v) is 3.21. The number of hydrogen-bond acceptors (Lipinski definition) is 5. The summed E-state index contributed by atoms with van der Waals surface area (Å²) in [6.45, 7) is 1.26. The molecule has 2 amide bonds. The molecule has 0 aliphatic carbocycles. The maximum atomic E-state index is 12.0. The van der Waals surface area contributed by atoms with Gasteiger partial charge in [-0.25, -0.2) is 4.79 Å². The third-order valence-electron chi connectivity index (χ3n) is 2.57. The minimum atomic E-state index is -1.31. The van der Waals surface area contributed by atoms with Gasteiger partial charge in [0.2, 0.25) is 11.8 Å². The molecule has 2 atom stereocenters. The summed E-state index contributed by atoms with van der Waals surface area (Å²) in [6, 6.07) is -2.12. The molecule has 0 aliphatic rings. The Kier molecular flexibility index (Phi) is 9.18. The van der Waals surface area contributed by atoms with Crippen LogP contribution in [0.1, 0.15) is 26.2 Å². The number of nitrogens with one attached hydrogen (secondary N) is 2. The molecule has 0 aliphatic heterocycles. The lowest BCUT2D eigenvalue weighted by Gasteiger charge is -2.20. The topological polar surface area (TPSA) is 133 Å². The molecular formula is C12H20N2O6S. The lowest BCUT2D eigenvalue weighted by atomic mass is 10.1. The van der Waals surface area contributed by atoms with Gasteiger partial charge in [0.1, 0.15) is 12.1 Å². The van der Waals surface area contributed by atoms with Crippen molar-refractivity contribution in [3.8, 4) is 0 Å². The first-order chi connectivity index (χ1) is 9.77. The third kappa shape index (κ3) is 8.90. The van der Waals surface area contributed by atoms with Crippen molar-refractivity contribution >= 4 is 35.5 Å². The molecule has 0 aromatic carbocycles. The molecule has 0 rings (SSSR count). The van der Waals surface area contributed by atoms with Gasteiger partial charge in [-0.2, -0.15) is 11.8 Å². The number of rotatable bonds is 10. The van der Waals surface area contributed by atoms with Gasteiger partial charge in [0, 0.05) is 13.3 Å². The highest BCUT2D eigenvalue weighted by molar-refractivity contribution is 7.98. The fourth-order valence-electron chi connectivity index (χ4n) is 1.55. The Morgan fingerprint density at radius 3 is 2.10 bits per heavy atom. The van der Waals surface area contributed by atoms with Crippen molar-refractivity contribution in [2.24, 2.45) is 0 Å². The molecule has 0 aromatic rings. The molecule has 0 heterocycles. The molecule has 21 heavy (non-hydrogen) atoms. The van der Waals surface area contributed by atoms with E-state index in [4.69, 9.17) is 10.2 Å². The fraction of sp³-hybridized carbons (Fsp3) is 0.667. The maximum absolute atomic E-state index is 12.0. The van der Waals surface area contributed by atoms with E-state index in [0.29, 0.717) is 12.2 Å². The summed E-state index contributed by atoms with van der Waals surface area (Å²) in [4.78, 5) is 44.5. The average Bonchev–Trinajstić information content (AvgIpc) is 2.37. The van der Waals surface area contributed by atoms with Crippen molar-refractivity contribution in [3.63, 3.8) is 0 Å². The number of carbonyl (C=O) groups is 4. The van der Waals surface area contributed by atoms with Crippen molar-refractivity contribution in [2.75, 3.05) is 12.0 Å². The monoisotopic (exact) mass is 320 g/mol. The predicted octanol–water partition coefficient (Wildman–Crippen LogP) is -0.322. The second-order valence-electron chi connectivity index (χ2n) is 4.37. The molecule has 9 heteroatoms. The number of thioether (sulfide) groups is 1. The van der Waals surface area contributed by atoms with Gasteiger partial charge in [-0.3, -0.25) is 14.4 Å². The molecule has 0 bridgehead atoms. The second-order valence-corrected chi connectivity index (χ2v) is 5.35. The Morgan fingerprint density at radius 1 is 1.05 bits per heavy atom. The van der Waals surface area contributed by atoms with Crippen LogP contribution >= 0.6 is 11.8 Å². The number of carbonyl (C=O) groups excluding carboxylic acids is 2. The lowest BCUT2D eigenvalue weighted by Crippen LogP contribution is -2.51. The van der Waals surface area contributed by atoms with Gasteiger partial charge >= 0.3 is 11.9 Å². The maximum Gasteiger partial charge on any atom is 0.326 e.